The standard InChI is InChI=1S/C14H27N5O/c1-5-8-19(6-2)9-7-16-13-12(15)14(18-10-17-13)20-11(3)4/h10-11H,5-9,15H2,1-4H3,(H,16,17,18). The number of hydrogen-bond acceptors (Lipinski definition) is 6. The fraction of sp³-hybridized carbons (Fsp3) is 0.714. The highest BCUT2D eigenvalue weighted by atomic mass is 16.5. The first-order valence-corrected chi connectivity index (χ1v) is 7.31. The minimum absolute atomic E-state index is 0.0418. The number of anilines is 2. The quantitative estimate of drug-likeness (QED) is 0.721. The van der Waals surface area contributed by atoms with E-state index in [1.807, 2.05) is 13.8 Å². The van der Waals surface area contributed by atoms with Gasteiger partial charge in [0.2, 0.25) is 5.88 Å². The molecule has 0 aliphatic heterocycles. The van der Waals surface area contributed by atoms with Gasteiger partial charge in [-0.05, 0) is 33.4 Å². The Labute approximate surface area is 121 Å². The van der Waals surface area contributed by atoms with Crippen molar-refractivity contribution in [3.05, 3.63) is 6.33 Å². The maximum atomic E-state index is 6.01. The van der Waals surface area contributed by atoms with Crippen molar-refractivity contribution in [3.63, 3.8) is 0 Å². The summed E-state index contributed by atoms with van der Waals surface area (Å²) in [7, 11) is 0. The van der Waals surface area contributed by atoms with Gasteiger partial charge >= 0.3 is 0 Å². The lowest BCUT2D eigenvalue weighted by molar-refractivity contribution is 0.234. The van der Waals surface area contributed by atoms with E-state index >= 15 is 0 Å². The van der Waals surface area contributed by atoms with Crippen molar-refractivity contribution in [2.24, 2.45) is 0 Å². The minimum Gasteiger partial charge on any atom is -0.473 e. The molecule has 6 heteroatoms. The predicted octanol–water partition coefficient (Wildman–Crippen LogP) is 1.99. The molecule has 0 spiro atoms. The molecule has 0 saturated heterocycles. The second-order valence-corrected chi connectivity index (χ2v) is 4.97. The van der Waals surface area contributed by atoms with Crippen molar-refractivity contribution in [2.75, 3.05) is 37.2 Å². The van der Waals surface area contributed by atoms with Gasteiger partial charge in [0.1, 0.15) is 12.0 Å². The fourth-order valence-electron chi connectivity index (χ4n) is 1.91. The van der Waals surface area contributed by atoms with Gasteiger partial charge in [0, 0.05) is 13.1 Å². The Bertz CT molecular complexity index is 397. The number of ether oxygens (including phenoxy) is 1. The van der Waals surface area contributed by atoms with Gasteiger partial charge in [0.25, 0.3) is 0 Å². The SMILES string of the molecule is CCCN(CC)CCNc1ncnc(OC(C)C)c1N. The van der Waals surface area contributed by atoms with E-state index in [-0.39, 0.29) is 6.10 Å². The number of rotatable bonds is 9. The Morgan fingerprint density at radius 1 is 1.30 bits per heavy atom. The number of likely N-dealkylation sites (N-methyl/N-ethyl adjacent to an activating group) is 1. The zero-order valence-electron chi connectivity index (χ0n) is 13.0. The molecule has 0 fully saturated rings. The van der Waals surface area contributed by atoms with Crippen molar-refractivity contribution in [3.8, 4) is 5.88 Å². The third-order valence-corrected chi connectivity index (χ3v) is 2.90. The van der Waals surface area contributed by atoms with Crippen LogP contribution in [0.25, 0.3) is 0 Å². The average Bonchev–Trinajstić information content (AvgIpc) is 2.41. The minimum atomic E-state index is 0.0418. The Hall–Kier alpha value is -1.56. The molecule has 0 bridgehead atoms. The summed E-state index contributed by atoms with van der Waals surface area (Å²) < 4.78 is 5.55. The van der Waals surface area contributed by atoms with Crippen molar-refractivity contribution < 1.29 is 4.74 Å². The molecule has 0 radical (unpaired) electrons. The Kier molecular flexibility index (Phi) is 7.08. The van der Waals surface area contributed by atoms with E-state index in [0.29, 0.717) is 17.4 Å². The number of nitrogens with one attached hydrogen (secondary N) is 1. The van der Waals surface area contributed by atoms with Crippen LogP contribution in [0.3, 0.4) is 0 Å². The molecule has 1 rings (SSSR count). The van der Waals surface area contributed by atoms with Gasteiger partial charge in [-0.1, -0.05) is 13.8 Å². The summed E-state index contributed by atoms with van der Waals surface area (Å²) in [6.45, 7) is 12.2. The maximum Gasteiger partial charge on any atom is 0.242 e. The van der Waals surface area contributed by atoms with Crippen LogP contribution in [-0.2, 0) is 0 Å². The van der Waals surface area contributed by atoms with E-state index in [1.54, 1.807) is 0 Å². The van der Waals surface area contributed by atoms with Gasteiger partial charge in [-0.15, -0.1) is 0 Å². The molecule has 114 valence electrons. The zero-order valence-corrected chi connectivity index (χ0v) is 13.0. The second kappa shape index (κ2) is 8.58. The molecular formula is C14H27N5O. The van der Waals surface area contributed by atoms with Crippen LogP contribution in [0.15, 0.2) is 6.33 Å². The molecule has 0 aliphatic carbocycles. The molecule has 0 aromatic carbocycles. The number of nitrogen functional groups attached to an aromatic ring is 1. The van der Waals surface area contributed by atoms with Crippen LogP contribution < -0.4 is 15.8 Å². The van der Waals surface area contributed by atoms with Gasteiger partial charge in [-0.25, -0.2) is 4.98 Å². The van der Waals surface area contributed by atoms with Crippen LogP contribution in [0.5, 0.6) is 5.88 Å². The molecule has 1 aromatic heterocycles. The highest BCUT2D eigenvalue weighted by Gasteiger charge is 2.10. The molecule has 0 aliphatic rings. The highest BCUT2D eigenvalue weighted by molar-refractivity contribution is 5.66. The summed E-state index contributed by atoms with van der Waals surface area (Å²) in [5, 5.41) is 3.25. The normalized spacial score (nSPS) is 11.1. The zero-order chi connectivity index (χ0) is 15.0. The van der Waals surface area contributed by atoms with Crippen molar-refractivity contribution in [1.82, 2.24) is 14.9 Å². The molecular weight excluding hydrogens is 254 g/mol. The fourth-order valence-corrected chi connectivity index (χ4v) is 1.91. The number of nitrogens with zero attached hydrogens (tertiary/aromatic N) is 3. The lowest BCUT2D eigenvalue weighted by Gasteiger charge is -2.20. The third-order valence-electron chi connectivity index (χ3n) is 2.90. The summed E-state index contributed by atoms with van der Waals surface area (Å²) in [6, 6.07) is 0. The first-order chi connectivity index (χ1) is 9.58. The Morgan fingerprint density at radius 2 is 2.05 bits per heavy atom. The lowest BCUT2D eigenvalue weighted by atomic mass is 10.4. The topological polar surface area (TPSA) is 76.3 Å². The van der Waals surface area contributed by atoms with Crippen LogP contribution in [0.1, 0.15) is 34.1 Å². The van der Waals surface area contributed by atoms with Crippen molar-refractivity contribution in [2.45, 2.75) is 40.2 Å². The van der Waals surface area contributed by atoms with E-state index in [9.17, 15) is 0 Å². The van der Waals surface area contributed by atoms with Crippen molar-refractivity contribution >= 4 is 11.5 Å². The summed E-state index contributed by atoms with van der Waals surface area (Å²) in [6.07, 6.45) is 2.68. The van der Waals surface area contributed by atoms with Gasteiger partial charge in [0.15, 0.2) is 5.82 Å². The summed E-state index contributed by atoms with van der Waals surface area (Å²) in [5.41, 5.74) is 6.49. The van der Waals surface area contributed by atoms with E-state index in [2.05, 4.69) is 34.0 Å². The van der Waals surface area contributed by atoms with Crippen LogP contribution in [0.4, 0.5) is 11.5 Å². The number of hydrogen-bond donors (Lipinski definition) is 2. The van der Waals surface area contributed by atoms with Crippen LogP contribution in [0.2, 0.25) is 0 Å². The highest BCUT2D eigenvalue weighted by Crippen LogP contribution is 2.25. The van der Waals surface area contributed by atoms with E-state index in [0.717, 1.165) is 32.6 Å². The van der Waals surface area contributed by atoms with Crippen molar-refractivity contribution in [1.29, 1.82) is 0 Å². The molecule has 3 N–H and O–H groups in total. The van der Waals surface area contributed by atoms with Crippen LogP contribution in [-0.4, -0.2) is 47.2 Å². The number of aromatic nitrogens is 2. The Balaban J connectivity index is 2.55. The number of nitrogens with two attached hydrogens (primary N) is 1. The molecule has 20 heavy (non-hydrogen) atoms. The first-order valence-electron chi connectivity index (χ1n) is 7.31. The molecule has 0 saturated carbocycles. The van der Waals surface area contributed by atoms with E-state index in [4.69, 9.17) is 10.5 Å². The van der Waals surface area contributed by atoms with E-state index < -0.39 is 0 Å². The summed E-state index contributed by atoms with van der Waals surface area (Å²) in [5.74, 6) is 1.08. The molecule has 0 unspecified atom stereocenters. The molecule has 1 aromatic rings. The van der Waals surface area contributed by atoms with Gasteiger partial charge in [-0.3, -0.25) is 0 Å². The van der Waals surface area contributed by atoms with Crippen LogP contribution in [0, 0.1) is 0 Å². The van der Waals surface area contributed by atoms with Gasteiger partial charge in [-0.2, -0.15) is 4.98 Å². The van der Waals surface area contributed by atoms with Crippen LogP contribution >= 0.6 is 0 Å². The monoisotopic (exact) mass is 281 g/mol. The summed E-state index contributed by atoms with van der Waals surface area (Å²) in [4.78, 5) is 10.6. The Morgan fingerprint density at radius 3 is 2.65 bits per heavy atom. The largest absolute Gasteiger partial charge is 0.473 e. The molecule has 1 heterocycles. The van der Waals surface area contributed by atoms with E-state index in [1.165, 1.54) is 6.33 Å². The second-order valence-electron chi connectivity index (χ2n) is 4.97. The summed E-state index contributed by atoms with van der Waals surface area (Å²) >= 11 is 0. The first kappa shape index (κ1) is 16.5. The third kappa shape index (κ3) is 5.21. The van der Waals surface area contributed by atoms with Gasteiger partial charge < -0.3 is 20.7 Å². The maximum absolute atomic E-state index is 6.01. The van der Waals surface area contributed by atoms with Gasteiger partial charge in [0.05, 0.1) is 6.10 Å². The average molecular weight is 281 g/mol. The molecule has 0 atom stereocenters. The lowest BCUT2D eigenvalue weighted by Crippen LogP contribution is -2.30. The molecule has 6 nitrogen and oxygen atoms in total. The smallest absolute Gasteiger partial charge is 0.242 e. The predicted molar refractivity (Wildman–Crippen MR) is 83.1 cm³/mol. The molecule has 0 amide bonds.